The fraction of sp³-hybridized carbons (Fsp3) is 0.0513. The quantitative estimate of drug-likeness (QED) is 0.179. The standard InChI is InChI=1S/C39H23F6N/c40-38(41,42)34-21-33(22-35(23-34)39(43,44)45)26-8-6-24(7-9-26)29-14-16-32-20-30(15-17-31(32)19-29)25-10-12-27(13-11-25)36-5-1-3-28-4-2-18-46-37(28)36/h1-23H. The van der Waals surface area contributed by atoms with Crippen LogP contribution < -0.4 is 0 Å². The zero-order chi connectivity index (χ0) is 32.1. The number of benzene rings is 6. The highest BCUT2D eigenvalue weighted by atomic mass is 19.4. The average Bonchev–Trinajstić information content (AvgIpc) is 3.07. The van der Waals surface area contributed by atoms with E-state index in [9.17, 15) is 26.3 Å². The summed E-state index contributed by atoms with van der Waals surface area (Å²) in [5.74, 6) is 0. The Kier molecular flexibility index (Phi) is 7.12. The van der Waals surface area contributed by atoms with Crippen molar-refractivity contribution < 1.29 is 26.3 Å². The lowest BCUT2D eigenvalue weighted by atomic mass is 9.95. The molecule has 1 nitrogen and oxygen atoms in total. The summed E-state index contributed by atoms with van der Waals surface area (Å²) in [4.78, 5) is 4.57. The largest absolute Gasteiger partial charge is 0.416 e. The number of alkyl halides is 6. The highest BCUT2D eigenvalue weighted by molar-refractivity contribution is 5.94. The van der Waals surface area contributed by atoms with E-state index in [1.807, 2.05) is 48.5 Å². The molecule has 0 radical (unpaired) electrons. The molecule has 0 spiro atoms. The van der Waals surface area contributed by atoms with Crippen LogP contribution in [0.2, 0.25) is 0 Å². The minimum atomic E-state index is -4.90. The first-order valence-corrected chi connectivity index (χ1v) is 14.4. The maximum Gasteiger partial charge on any atom is 0.416 e. The van der Waals surface area contributed by atoms with Gasteiger partial charge in [-0.25, -0.2) is 0 Å². The van der Waals surface area contributed by atoms with Gasteiger partial charge in [0.15, 0.2) is 0 Å². The maximum atomic E-state index is 13.3. The van der Waals surface area contributed by atoms with Crippen LogP contribution in [0.4, 0.5) is 26.3 Å². The van der Waals surface area contributed by atoms with Crippen molar-refractivity contribution in [2.24, 2.45) is 0 Å². The molecule has 0 atom stereocenters. The second-order valence-corrected chi connectivity index (χ2v) is 11.1. The Balaban J connectivity index is 1.15. The molecule has 0 fully saturated rings. The molecule has 226 valence electrons. The molecule has 7 heteroatoms. The summed E-state index contributed by atoms with van der Waals surface area (Å²) < 4.78 is 80.1. The van der Waals surface area contributed by atoms with Crippen molar-refractivity contribution in [2.45, 2.75) is 12.4 Å². The molecule has 0 saturated carbocycles. The van der Waals surface area contributed by atoms with Gasteiger partial charge in [-0.15, -0.1) is 0 Å². The number of pyridine rings is 1. The monoisotopic (exact) mass is 619 g/mol. The Bertz CT molecular complexity index is 2180. The van der Waals surface area contributed by atoms with Crippen molar-refractivity contribution in [3.05, 3.63) is 151 Å². The predicted molar refractivity (Wildman–Crippen MR) is 171 cm³/mol. The average molecular weight is 620 g/mol. The van der Waals surface area contributed by atoms with E-state index in [4.69, 9.17) is 0 Å². The zero-order valence-electron chi connectivity index (χ0n) is 24.0. The Morgan fingerprint density at radius 3 is 1.35 bits per heavy atom. The highest BCUT2D eigenvalue weighted by Gasteiger charge is 2.37. The molecule has 0 amide bonds. The second kappa shape index (κ2) is 11.2. The van der Waals surface area contributed by atoms with E-state index in [0.29, 0.717) is 0 Å². The molecular formula is C39H23F6N. The van der Waals surface area contributed by atoms with Crippen molar-refractivity contribution >= 4 is 21.7 Å². The van der Waals surface area contributed by atoms with Gasteiger partial charge in [-0.3, -0.25) is 4.98 Å². The normalized spacial score (nSPS) is 12.1. The number of halogens is 6. The molecule has 1 aromatic heterocycles. The SMILES string of the molecule is FC(F)(F)c1cc(-c2ccc(-c3ccc4cc(-c5ccc(-c6cccc7cccnc67)cc5)ccc4c3)cc2)cc(C(F)(F)F)c1. The number of rotatable bonds is 4. The molecule has 0 aliphatic rings. The van der Waals surface area contributed by atoms with Gasteiger partial charge in [-0.1, -0.05) is 97.1 Å². The third-order valence-corrected chi connectivity index (χ3v) is 8.14. The highest BCUT2D eigenvalue weighted by Crippen LogP contribution is 2.39. The lowest BCUT2D eigenvalue weighted by molar-refractivity contribution is -0.143. The smallest absolute Gasteiger partial charge is 0.256 e. The number of nitrogens with zero attached hydrogens (tertiary/aromatic N) is 1. The first kappa shape index (κ1) is 29.3. The minimum absolute atomic E-state index is 0.136. The Hall–Kier alpha value is -5.43. The summed E-state index contributed by atoms with van der Waals surface area (Å²) in [6, 6.07) is 38.8. The summed E-state index contributed by atoms with van der Waals surface area (Å²) >= 11 is 0. The first-order valence-electron chi connectivity index (χ1n) is 14.4. The van der Waals surface area contributed by atoms with E-state index in [-0.39, 0.29) is 17.2 Å². The van der Waals surface area contributed by atoms with Crippen molar-refractivity contribution in [3.8, 4) is 44.5 Å². The van der Waals surface area contributed by atoms with Crippen molar-refractivity contribution in [1.29, 1.82) is 0 Å². The summed E-state index contributed by atoms with van der Waals surface area (Å²) in [6.45, 7) is 0. The van der Waals surface area contributed by atoms with E-state index in [0.717, 1.165) is 67.2 Å². The first-order chi connectivity index (χ1) is 22.0. The van der Waals surface area contributed by atoms with Gasteiger partial charge in [-0.05, 0) is 86.1 Å². The Morgan fingerprint density at radius 1 is 0.370 bits per heavy atom. The molecule has 0 aliphatic carbocycles. The summed E-state index contributed by atoms with van der Waals surface area (Å²) in [6.07, 6.45) is -8.01. The molecule has 7 aromatic rings. The van der Waals surface area contributed by atoms with Crippen LogP contribution in [0.5, 0.6) is 0 Å². The van der Waals surface area contributed by atoms with Crippen LogP contribution in [-0.2, 0) is 12.4 Å². The summed E-state index contributed by atoms with van der Waals surface area (Å²) in [5.41, 5.74) is 4.34. The van der Waals surface area contributed by atoms with Crippen molar-refractivity contribution in [1.82, 2.24) is 4.98 Å². The van der Waals surface area contributed by atoms with E-state index in [2.05, 4.69) is 47.4 Å². The fourth-order valence-corrected chi connectivity index (χ4v) is 5.76. The number of hydrogen-bond donors (Lipinski definition) is 0. The van der Waals surface area contributed by atoms with E-state index < -0.39 is 23.5 Å². The molecule has 0 N–H and O–H groups in total. The van der Waals surface area contributed by atoms with Gasteiger partial charge in [0.25, 0.3) is 0 Å². The van der Waals surface area contributed by atoms with Gasteiger partial charge in [0, 0.05) is 17.1 Å². The topological polar surface area (TPSA) is 12.9 Å². The van der Waals surface area contributed by atoms with Gasteiger partial charge < -0.3 is 0 Å². The van der Waals surface area contributed by atoms with Crippen LogP contribution in [0, 0.1) is 0 Å². The van der Waals surface area contributed by atoms with Crippen LogP contribution in [0.25, 0.3) is 66.2 Å². The Labute approximate surface area is 260 Å². The van der Waals surface area contributed by atoms with Crippen molar-refractivity contribution in [2.75, 3.05) is 0 Å². The maximum absolute atomic E-state index is 13.3. The lowest BCUT2D eigenvalue weighted by Crippen LogP contribution is -2.11. The number of hydrogen-bond acceptors (Lipinski definition) is 1. The molecular weight excluding hydrogens is 596 g/mol. The van der Waals surface area contributed by atoms with E-state index in [1.54, 1.807) is 18.3 Å². The van der Waals surface area contributed by atoms with Crippen LogP contribution in [0.1, 0.15) is 11.1 Å². The van der Waals surface area contributed by atoms with Crippen LogP contribution in [0.3, 0.4) is 0 Å². The Morgan fingerprint density at radius 2 is 0.826 bits per heavy atom. The molecule has 6 aromatic carbocycles. The fourth-order valence-electron chi connectivity index (χ4n) is 5.76. The van der Waals surface area contributed by atoms with Gasteiger partial charge in [0.05, 0.1) is 16.6 Å². The molecule has 0 bridgehead atoms. The van der Waals surface area contributed by atoms with Gasteiger partial charge in [0.2, 0.25) is 0 Å². The van der Waals surface area contributed by atoms with Crippen molar-refractivity contribution in [3.63, 3.8) is 0 Å². The molecule has 0 aliphatic heterocycles. The van der Waals surface area contributed by atoms with Gasteiger partial charge in [0.1, 0.15) is 0 Å². The van der Waals surface area contributed by atoms with Crippen LogP contribution in [-0.4, -0.2) is 4.98 Å². The minimum Gasteiger partial charge on any atom is -0.256 e. The number of para-hydroxylation sites is 1. The summed E-state index contributed by atoms with van der Waals surface area (Å²) in [7, 11) is 0. The van der Waals surface area contributed by atoms with Gasteiger partial charge >= 0.3 is 12.4 Å². The summed E-state index contributed by atoms with van der Waals surface area (Å²) in [5, 5.41) is 3.12. The molecule has 0 unspecified atom stereocenters. The predicted octanol–water partition coefficient (Wildman–Crippen LogP) is 12.1. The third kappa shape index (κ3) is 5.72. The molecule has 46 heavy (non-hydrogen) atoms. The van der Waals surface area contributed by atoms with E-state index in [1.165, 1.54) is 12.1 Å². The van der Waals surface area contributed by atoms with Crippen LogP contribution in [0.15, 0.2) is 140 Å². The lowest BCUT2D eigenvalue weighted by Gasteiger charge is -2.14. The number of fused-ring (bicyclic) bond motifs is 2. The molecule has 0 saturated heterocycles. The third-order valence-electron chi connectivity index (χ3n) is 8.14. The molecule has 7 rings (SSSR count). The second-order valence-electron chi connectivity index (χ2n) is 11.1. The number of aromatic nitrogens is 1. The molecule has 1 heterocycles. The van der Waals surface area contributed by atoms with Crippen LogP contribution >= 0.6 is 0 Å². The zero-order valence-corrected chi connectivity index (χ0v) is 24.0. The van der Waals surface area contributed by atoms with Gasteiger partial charge in [-0.2, -0.15) is 26.3 Å². The van der Waals surface area contributed by atoms with E-state index >= 15 is 0 Å².